The van der Waals surface area contributed by atoms with Crippen LogP contribution in [0.2, 0.25) is 0 Å². The number of amides is 1. The first-order valence-electron chi connectivity index (χ1n) is 6.54. The van der Waals surface area contributed by atoms with Gasteiger partial charge in [-0.05, 0) is 12.8 Å². The minimum absolute atomic E-state index is 0.0145. The van der Waals surface area contributed by atoms with Gasteiger partial charge in [0.05, 0.1) is 19.1 Å². The van der Waals surface area contributed by atoms with Gasteiger partial charge in [-0.3, -0.25) is 9.59 Å². The molecule has 1 heterocycles. The van der Waals surface area contributed by atoms with Crippen molar-refractivity contribution >= 4 is 11.9 Å². The minimum Gasteiger partial charge on any atom is -0.469 e. The number of methoxy groups -OCH3 is 2. The molecule has 1 aliphatic heterocycles. The Morgan fingerprint density at radius 3 is 2.68 bits per heavy atom. The van der Waals surface area contributed by atoms with E-state index in [1.54, 1.807) is 11.8 Å². The molecule has 0 radical (unpaired) electrons. The Labute approximate surface area is 114 Å². The first kappa shape index (κ1) is 15.9. The number of esters is 1. The van der Waals surface area contributed by atoms with Crippen LogP contribution in [0.15, 0.2) is 0 Å². The lowest BCUT2D eigenvalue weighted by molar-refractivity contribution is -0.147. The summed E-state index contributed by atoms with van der Waals surface area (Å²) in [5.74, 6) is -0.802. The zero-order chi connectivity index (χ0) is 14.3. The molecule has 0 aliphatic carbocycles. The molecule has 19 heavy (non-hydrogen) atoms. The van der Waals surface area contributed by atoms with Crippen LogP contribution in [0.5, 0.6) is 0 Å². The predicted molar refractivity (Wildman–Crippen MR) is 68.6 cm³/mol. The fourth-order valence-corrected chi connectivity index (χ4v) is 2.13. The van der Waals surface area contributed by atoms with Crippen molar-refractivity contribution < 1.29 is 23.8 Å². The van der Waals surface area contributed by atoms with Crippen molar-refractivity contribution in [2.45, 2.75) is 25.9 Å². The molecule has 0 aromatic heterocycles. The zero-order valence-electron chi connectivity index (χ0n) is 11.9. The normalized spacial score (nSPS) is 20.1. The van der Waals surface area contributed by atoms with Crippen LogP contribution in [-0.2, 0) is 23.8 Å². The van der Waals surface area contributed by atoms with Gasteiger partial charge in [0.15, 0.2) is 0 Å². The SMILES string of the molecule is COCC(=O)N(CC1CCCO1)CC(C)C(=O)OC. The Morgan fingerprint density at radius 2 is 2.16 bits per heavy atom. The van der Waals surface area contributed by atoms with Crippen LogP contribution in [0.3, 0.4) is 0 Å². The molecule has 1 amide bonds. The maximum atomic E-state index is 12.0. The summed E-state index contributed by atoms with van der Waals surface area (Å²) in [7, 11) is 2.83. The van der Waals surface area contributed by atoms with E-state index in [2.05, 4.69) is 4.74 Å². The fourth-order valence-electron chi connectivity index (χ4n) is 2.13. The smallest absolute Gasteiger partial charge is 0.310 e. The number of hydrogen-bond acceptors (Lipinski definition) is 5. The van der Waals surface area contributed by atoms with E-state index in [9.17, 15) is 9.59 Å². The Bertz CT molecular complexity index is 301. The third-order valence-electron chi connectivity index (χ3n) is 3.17. The number of nitrogens with zero attached hydrogens (tertiary/aromatic N) is 1. The molecule has 0 spiro atoms. The quantitative estimate of drug-likeness (QED) is 0.630. The molecular weight excluding hydrogens is 250 g/mol. The summed E-state index contributed by atoms with van der Waals surface area (Å²) in [6, 6.07) is 0. The molecule has 1 aliphatic rings. The summed E-state index contributed by atoms with van der Waals surface area (Å²) in [6.45, 7) is 3.33. The first-order valence-corrected chi connectivity index (χ1v) is 6.54. The summed E-state index contributed by atoms with van der Waals surface area (Å²) < 4.78 is 15.1. The van der Waals surface area contributed by atoms with Gasteiger partial charge in [-0.2, -0.15) is 0 Å². The standard InChI is InChI=1S/C13H23NO5/c1-10(13(16)18-3)7-14(12(15)9-17-2)8-11-5-4-6-19-11/h10-11H,4-9H2,1-3H3. The lowest BCUT2D eigenvalue weighted by Crippen LogP contribution is -2.43. The Hall–Kier alpha value is -1.14. The molecule has 6 heteroatoms. The Kier molecular flexibility index (Phi) is 6.80. The van der Waals surface area contributed by atoms with Crippen molar-refractivity contribution in [2.24, 2.45) is 5.92 Å². The molecule has 0 bridgehead atoms. The van der Waals surface area contributed by atoms with E-state index in [1.807, 2.05) is 0 Å². The molecule has 0 saturated carbocycles. The van der Waals surface area contributed by atoms with Gasteiger partial charge in [0.25, 0.3) is 0 Å². The predicted octanol–water partition coefficient (Wildman–Crippen LogP) is 0.450. The van der Waals surface area contributed by atoms with Gasteiger partial charge >= 0.3 is 5.97 Å². The van der Waals surface area contributed by atoms with Gasteiger partial charge in [0.1, 0.15) is 6.61 Å². The van der Waals surface area contributed by atoms with Crippen molar-refractivity contribution in [1.82, 2.24) is 4.90 Å². The van der Waals surface area contributed by atoms with Crippen LogP contribution in [0.25, 0.3) is 0 Å². The summed E-state index contributed by atoms with van der Waals surface area (Å²) in [4.78, 5) is 25.0. The van der Waals surface area contributed by atoms with E-state index >= 15 is 0 Å². The third-order valence-corrected chi connectivity index (χ3v) is 3.17. The second-order valence-corrected chi connectivity index (χ2v) is 4.79. The van der Waals surface area contributed by atoms with Crippen LogP contribution in [-0.4, -0.2) is 63.4 Å². The van der Waals surface area contributed by atoms with Crippen LogP contribution in [0.4, 0.5) is 0 Å². The molecule has 6 nitrogen and oxygen atoms in total. The topological polar surface area (TPSA) is 65.1 Å². The molecule has 0 aromatic carbocycles. The molecule has 1 rings (SSSR count). The highest BCUT2D eigenvalue weighted by molar-refractivity contribution is 5.79. The number of hydrogen-bond donors (Lipinski definition) is 0. The lowest BCUT2D eigenvalue weighted by Gasteiger charge is -2.27. The van der Waals surface area contributed by atoms with E-state index in [4.69, 9.17) is 9.47 Å². The monoisotopic (exact) mass is 273 g/mol. The highest BCUT2D eigenvalue weighted by Crippen LogP contribution is 2.14. The lowest BCUT2D eigenvalue weighted by atomic mass is 10.1. The number of carbonyl (C=O) groups excluding carboxylic acids is 2. The first-order chi connectivity index (χ1) is 9.08. The average Bonchev–Trinajstić information content (AvgIpc) is 2.90. The molecule has 2 atom stereocenters. The van der Waals surface area contributed by atoms with E-state index < -0.39 is 0 Å². The largest absolute Gasteiger partial charge is 0.469 e. The van der Waals surface area contributed by atoms with Crippen molar-refractivity contribution in [1.29, 1.82) is 0 Å². The second-order valence-electron chi connectivity index (χ2n) is 4.79. The maximum absolute atomic E-state index is 12.0. The molecule has 2 unspecified atom stereocenters. The van der Waals surface area contributed by atoms with Gasteiger partial charge in [0, 0.05) is 26.8 Å². The van der Waals surface area contributed by atoms with Gasteiger partial charge in [0.2, 0.25) is 5.91 Å². The van der Waals surface area contributed by atoms with Crippen molar-refractivity contribution in [3.8, 4) is 0 Å². The van der Waals surface area contributed by atoms with E-state index in [0.717, 1.165) is 19.4 Å². The van der Waals surface area contributed by atoms with Crippen LogP contribution < -0.4 is 0 Å². The van der Waals surface area contributed by atoms with Gasteiger partial charge in [-0.15, -0.1) is 0 Å². The van der Waals surface area contributed by atoms with E-state index in [0.29, 0.717) is 13.1 Å². The second kappa shape index (κ2) is 8.12. The van der Waals surface area contributed by atoms with Crippen molar-refractivity contribution in [3.05, 3.63) is 0 Å². The van der Waals surface area contributed by atoms with E-state index in [-0.39, 0.29) is 30.5 Å². The molecule has 0 N–H and O–H groups in total. The van der Waals surface area contributed by atoms with Gasteiger partial charge < -0.3 is 19.1 Å². The van der Waals surface area contributed by atoms with Crippen molar-refractivity contribution in [2.75, 3.05) is 40.5 Å². The molecule has 1 fully saturated rings. The third kappa shape index (κ3) is 5.16. The Balaban J connectivity index is 2.57. The van der Waals surface area contributed by atoms with Gasteiger partial charge in [-0.25, -0.2) is 0 Å². The van der Waals surface area contributed by atoms with Crippen molar-refractivity contribution in [3.63, 3.8) is 0 Å². The summed E-state index contributed by atoms with van der Waals surface area (Å²) in [5.41, 5.74) is 0. The Morgan fingerprint density at radius 1 is 1.42 bits per heavy atom. The number of rotatable bonds is 7. The highest BCUT2D eigenvalue weighted by Gasteiger charge is 2.26. The summed E-state index contributed by atoms with van der Waals surface area (Å²) in [6.07, 6.45) is 2.03. The summed E-state index contributed by atoms with van der Waals surface area (Å²) in [5, 5.41) is 0. The average molecular weight is 273 g/mol. The maximum Gasteiger partial charge on any atom is 0.310 e. The molecular formula is C13H23NO5. The van der Waals surface area contributed by atoms with Gasteiger partial charge in [-0.1, -0.05) is 6.92 Å². The van der Waals surface area contributed by atoms with Crippen LogP contribution in [0, 0.1) is 5.92 Å². The molecule has 110 valence electrons. The van der Waals surface area contributed by atoms with Crippen LogP contribution >= 0.6 is 0 Å². The molecule has 1 saturated heterocycles. The molecule has 0 aromatic rings. The fraction of sp³-hybridized carbons (Fsp3) is 0.846. The zero-order valence-corrected chi connectivity index (χ0v) is 11.9. The highest BCUT2D eigenvalue weighted by atomic mass is 16.5. The summed E-state index contributed by atoms with van der Waals surface area (Å²) >= 11 is 0. The number of carbonyl (C=O) groups is 2. The minimum atomic E-state index is -0.354. The number of ether oxygens (including phenoxy) is 3. The van der Waals surface area contributed by atoms with Crippen LogP contribution in [0.1, 0.15) is 19.8 Å². The van der Waals surface area contributed by atoms with E-state index in [1.165, 1.54) is 14.2 Å².